The lowest BCUT2D eigenvalue weighted by atomic mass is 10.0. The molecule has 0 atom stereocenters. The van der Waals surface area contributed by atoms with Gasteiger partial charge in [0, 0.05) is 12.8 Å². The molecule has 0 aliphatic heterocycles. The van der Waals surface area contributed by atoms with E-state index in [9.17, 15) is 9.18 Å². The van der Waals surface area contributed by atoms with Crippen LogP contribution in [0, 0.1) is 17.1 Å². The smallest absolute Gasteiger partial charge is 0.141 e. The van der Waals surface area contributed by atoms with E-state index in [4.69, 9.17) is 5.26 Å². The molecule has 0 aliphatic rings. The summed E-state index contributed by atoms with van der Waals surface area (Å²) >= 11 is 0. The second kappa shape index (κ2) is 5.92. The molecule has 0 aliphatic carbocycles. The van der Waals surface area contributed by atoms with Crippen LogP contribution in [0.2, 0.25) is 0 Å². The van der Waals surface area contributed by atoms with Crippen molar-refractivity contribution in [1.82, 2.24) is 0 Å². The molecule has 19 heavy (non-hydrogen) atoms. The number of hydrogen-bond acceptors (Lipinski definition) is 2. The van der Waals surface area contributed by atoms with Crippen LogP contribution in [0.1, 0.15) is 16.7 Å². The number of nitrogens with zero attached hydrogens (tertiary/aromatic N) is 1. The molecular weight excluding hydrogens is 241 g/mol. The molecular formula is C16H12FNO. The van der Waals surface area contributed by atoms with Crippen molar-refractivity contribution in [1.29, 1.82) is 5.26 Å². The van der Waals surface area contributed by atoms with Crippen LogP contribution in [0.3, 0.4) is 0 Å². The second-order valence-corrected chi connectivity index (χ2v) is 4.33. The number of rotatable bonds is 4. The van der Waals surface area contributed by atoms with E-state index in [2.05, 4.69) is 0 Å². The average molecular weight is 253 g/mol. The fraction of sp³-hybridized carbons (Fsp3) is 0.125. The average Bonchev–Trinajstić information content (AvgIpc) is 2.42. The van der Waals surface area contributed by atoms with Crippen LogP contribution in [0.25, 0.3) is 0 Å². The maximum absolute atomic E-state index is 12.7. The second-order valence-electron chi connectivity index (χ2n) is 4.33. The molecule has 2 rings (SSSR count). The number of benzene rings is 2. The lowest BCUT2D eigenvalue weighted by Gasteiger charge is -2.02. The third kappa shape index (κ3) is 3.75. The highest BCUT2D eigenvalue weighted by atomic mass is 19.1. The fourth-order valence-corrected chi connectivity index (χ4v) is 1.82. The number of ketones is 1. The van der Waals surface area contributed by atoms with Gasteiger partial charge in [-0.3, -0.25) is 4.79 Å². The molecule has 0 heterocycles. The standard InChI is InChI=1S/C16H12FNO/c17-15-7-5-13(6-8-15)10-16(19)9-12-1-3-14(11-18)4-2-12/h1-8H,9-10H2. The van der Waals surface area contributed by atoms with Gasteiger partial charge in [0.25, 0.3) is 0 Å². The number of carbonyl (C=O) groups excluding carboxylic acids is 1. The zero-order valence-electron chi connectivity index (χ0n) is 10.3. The molecule has 0 unspecified atom stereocenters. The Morgan fingerprint density at radius 1 is 0.947 bits per heavy atom. The van der Waals surface area contributed by atoms with E-state index in [0.29, 0.717) is 18.4 Å². The largest absolute Gasteiger partial charge is 0.299 e. The Bertz CT molecular complexity index is 609. The summed E-state index contributed by atoms with van der Waals surface area (Å²) in [7, 11) is 0. The first-order valence-electron chi connectivity index (χ1n) is 5.92. The van der Waals surface area contributed by atoms with Crippen molar-refractivity contribution in [2.45, 2.75) is 12.8 Å². The molecule has 0 spiro atoms. The van der Waals surface area contributed by atoms with Crippen LogP contribution in [-0.2, 0) is 17.6 Å². The van der Waals surface area contributed by atoms with Crippen molar-refractivity contribution in [2.24, 2.45) is 0 Å². The number of Topliss-reactive ketones (excluding diaryl/α,β-unsaturated/α-hetero) is 1. The molecule has 2 aromatic rings. The Hall–Kier alpha value is -2.47. The summed E-state index contributed by atoms with van der Waals surface area (Å²) < 4.78 is 12.7. The van der Waals surface area contributed by atoms with Crippen molar-refractivity contribution in [2.75, 3.05) is 0 Å². The highest BCUT2D eigenvalue weighted by Crippen LogP contribution is 2.08. The quantitative estimate of drug-likeness (QED) is 0.840. The Labute approximate surface area is 111 Å². The topological polar surface area (TPSA) is 40.9 Å². The Balaban J connectivity index is 1.97. The first-order chi connectivity index (χ1) is 9.17. The van der Waals surface area contributed by atoms with Crippen LogP contribution in [0.5, 0.6) is 0 Å². The Morgan fingerprint density at radius 3 is 1.89 bits per heavy atom. The first-order valence-corrected chi connectivity index (χ1v) is 5.92. The molecule has 94 valence electrons. The van der Waals surface area contributed by atoms with Gasteiger partial charge in [-0.05, 0) is 35.4 Å². The van der Waals surface area contributed by atoms with Gasteiger partial charge in [-0.15, -0.1) is 0 Å². The maximum Gasteiger partial charge on any atom is 0.141 e. The van der Waals surface area contributed by atoms with Crippen LogP contribution in [0.4, 0.5) is 4.39 Å². The zero-order valence-corrected chi connectivity index (χ0v) is 10.3. The number of nitriles is 1. The molecule has 2 aromatic carbocycles. The molecule has 0 bridgehead atoms. The van der Waals surface area contributed by atoms with Crippen molar-refractivity contribution in [3.8, 4) is 6.07 Å². The van der Waals surface area contributed by atoms with Gasteiger partial charge in [0.05, 0.1) is 11.6 Å². The Morgan fingerprint density at radius 2 is 1.42 bits per heavy atom. The van der Waals surface area contributed by atoms with Gasteiger partial charge in [0.15, 0.2) is 0 Å². The minimum atomic E-state index is -0.303. The minimum absolute atomic E-state index is 0.0660. The molecule has 0 amide bonds. The highest BCUT2D eigenvalue weighted by molar-refractivity contribution is 5.83. The molecule has 0 fully saturated rings. The molecule has 0 saturated carbocycles. The predicted molar refractivity (Wildman–Crippen MR) is 70.0 cm³/mol. The summed E-state index contributed by atoms with van der Waals surface area (Å²) in [5.74, 6) is -0.236. The molecule has 0 N–H and O–H groups in total. The third-order valence-electron chi connectivity index (χ3n) is 2.80. The van der Waals surface area contributed by atoms with E-state index in [1.807, 2.05) is 6.07 Å². The first kappa shape index (κ1) is 13.0. The highest BCUT2D eigenvalue weighted by Gasteiger charge is 2.05. The van der Waals surface area contributed by atoms with Gasteiger partial charge in [-0.2, -0.15) is 5.26 Å². The normalized spacial score (nSPS) is 9.89. The summed E-state index contributed by atoms with van der Waals surface area (Å²) in [5, 5.41) is 8.68. The minimum Gasteiger partial charge on any atom is -0.299 e. The SMILES string of the molecule is N#Cc1ccc(CC(=O)Cc2ccc(F)cc2)cc1. The summed E-state index contributed by atoms with van der Waals surface area (Å²) in [6.45, 7) is 0. The van der Waals surface area contributed by atoms with Gasteiger partial charge >= 0.3 is 0 Å². The van der Waals surface area contributed by atoms with Gasteiger partial charge in [0.2, 0.25) is 0 Å². The lowest BCUT2D eigenvalue weighted by molar-refractivity contribution is -0.117. The lowest BCUT2D eigenvalue weighted by Crippen LogP contribution is -2.06. The van der Waals surface area contributed by atoms with Crippen molar-refractivity contribution in [3.05, 3.63) is 71.0 Å². The molecule has 0 saturated heterocycles. The maximum atomic E-state index is 12.7. The molecule has 0 aromatic heterocycles. The molecule has 2 nitrogen and oxygen atoms in total. The number of hydrogen-bond donors (Lipinski definition) is 0. The monoisotopic (exact) mass is 253 g/mol. The summed E-state index contributed by atoms with van der Waals surface area (Å²) in [4.78, 5) is 11.9. The van der Waals surface area contributed by atoms with Crippen molar-refractivity contribution in [3.63, 3.8) is 0 Å². The van der Waals surface area contributed by atoms with Gasteiger partial charge in [-0.1, -0.05) is 24.3 Å². The third-order valence-corrected chi connectivity index (χ3v) is 2.80. The van der Waals surface area contributed by atoms with Gasteiger partial charge < -0.3 is 0 Å². The van der Waals surface area contributed by atoms with Crippen LogP contribution in [-0.4, -0.2) is 5.78 Å². The number of carbonyl (C=O) groups is 1. The van der Waals surface area contributed by atoms with E-state index in [1.165, 1.54) is 12.1 Å². The number of halogens is 1. The van der Waals surface area contributed by atoms with E-state index in [1.54, 1.807) is 36.4 Å². The fourth-order valence-electron chi connectivity index (χ4n) is 1.82. The summed E-state index contributed by atoms with van der Waals surface area (Å²) in [6.07, 6.45) is 0.614. The van der Waals surface area contributed by atoms with Crippen LogP contribution in [0.15, 0.2) is 48.5 Å². The van der Waals surface area contributed by atoms with E-state index in [0.717, 1.165) is 11.1 Å². The van der Waals surface area contributed by atoms with E-state index in [-0.39, 0.29) is 11.6 Å². The van der Waals surface area contributed by atoms with Crippen molar-refractivity contribution >= 4 is 5.78 Å². The van der Waals surface area contributed by atoms with Crippen molar-refractivity contribution < 1.29 is 9.18 Å². The van der Waals surface area contributed by atoms with Gasteiger partial charge in [0.1, 0.15) is 11.6 Å². The summed E-state index contributed by atoms with van der Waals surface area (Å²) in [6, 6.07) is 14.9. The van der Waals surface area contributed by atoms with Crippen LogP contribution >= 0.6 is 0 Å². The van der Waals surface area contributed by atoms with Crippen LogP contribution < -0.4 is 0 Å². The summed E-state index contributed by atoms with van der Waals surface area (Å²) in [5.41, 5.74) is 2.26. The zero-order chi connectivity index (χ0) is 13.7. The van der Waals surface area contributed by atoms with Gasteiger partial charge in [-0.25, -0.2) is 4.39 Å². The van der Waals surface area contributed by atoms with E-state index < -0.39 is 0 Å². The molecule has 3 heteroatoms. The Kier molecular flexibility index (Phi) is 4.04. The van der Waals surface area contributed by atoms with E-state index >= 15 is 0 Å². The molecule has 0 radical (unpaired) electrons. The predicted octanol–water partition coefficient (Wildman–Crippen LogP) is 3.05.